The van der Waals surface area contributed by atoms with Gasteiger partial charge in [-0.2, -0.15) is 0 Å². The SMILES string of the molecule is CC(C)CC[O][Sm]. The first-order valence-electron chi connectivity index (χ1n) is 2.52. The third-order valence-corrected chi connectivity index (χ3v) is 1.31. The van der Waals surface area contributed by atoms with E-state index in [0.717, 1.165) is 12.5 Å². The average molecular weight is 238 g/mol. The van der Waals surface area contributed by atoms with Gasteiger partial charge in [0.1, 0.15) is 0 Å². The van der Waals surface area contributed by atoms with Gasteiger partial charge in [-0.3, -0.25) is 0 Å². The van der Waals surface area contributed by atoms with Gasteiger partial charge in [0.25, 0.3) is 0 Å². The topological polar surface area (TPSA) is 9.23 Å². The molecular formula is C5H11OSm. The van der Waals surface area contributed by atoms with Gasteiger partial charge in [0.2, 0.25) is 0 Å². The van der Waals surface area contributed by atoms with E-state index in [0.29, 0.717) is 0 Å². The summed E-state index contributed by atoms with van der Waals surface area (Å²) in [6.45, 7) is 5.34. The van der Waals surface area contributed by atoms with Crippen molar-refractivity contribution in [1.82, 2.24) is 0 Å². The first kappa shape index (κ1) is 8.30. The Morgan fingerprint density at radius 2 is 2.14 bits per heavy atom. The summed E-state index contributed by atoms with van der Waals surface area (Å²) in [6, 6.07) is 0. The summed E-state index contributed by atoms with van der Waals surface area (Å²) in [5, 5.41) is 0. The Balaban J connectivity index is 2.68. The standard InChI is InChI=1S/C5H11O.Sm/c1-5(2)3-4-6;/h5H,3-4H2,1-2H3;/q-1;+1. The third kappa shape index (κ3) is 7.30. The quantitative estimate of drug-likeness (QED) is 0.723. The van der Waals surface area contributed by atoms with Crippen LogP contribution in [0.3, 0.4) is 0 Å². The van der Waals surface area contributed by atoms with Crippen LogP contribution < -0.4 is 0 Å². The summed E-state index contributed by atoms with van der Waals surface area (Å²) in [5.41, 5.74) is 0. The number of hydrogen-bond acceptors (Lipinski definition) is 1. The van der Waals surface area contributed by atoms with Crippen LogP contribution in [0.15, 0.2) is 0 Å². The summed E-state index contributed by atoms with van der Waals surface area (Å²) in [4.78, 5) is 0. The molecule has 0 radical (unpaired) electrons. The van der Waals surface area contributed by atoms with Crippen LogP contribution in [0.2, 0.25) is 0 Å². The Kier molecular flexibility index (Phi) is 6.44. The first-order chi connectivity index (χ1) is 3.27. The van der Waals surface area contributed by atoms with Gasteiger partial charge < -0.3 is 0 Å². The van der Waals surface area contributed by atoms with Crippen molar-refractivity contribution in [1.29, 1.82) is 0 Å². The zero-order chi connectivity index (χ0) is 5.70. The normalized spacial score (nSPS) is 10.1. The van der Waals surface area contributed by atoms with Crippen molar-refractivity contribution in [2.24, 2.45) is 5.92 Å². The van der Waals surface area contributed by atoms with Crippen molar-refractivity contribution in [2.75, 3.05) is 6.61 Å². The van der Waals surface area contributed by atoms with Crippen molar-refractivity contribution in [2.45, 2.75) is 20.3 Å². The van der Waals surface area contributed by atoms with Crippen molar-refractivity contribution in [3.05, 3.63) is 0 Å². The molecule has 0 aromatic rings. The predicted molar refractivity (Wildman–Crippen MR) is 25.4 cm³/mol. The number of hydrogen-bond donors (Lipinski definition) is 0. The van der Waals surface area contributed by atoms with Gasteiger partial charge in [0.15, 0.2) is 0 Å². The van der Waals surface area contributed by atoms with Crippen molar-refractivity contribution in [3.8, 4) is 0 Å². The van der Waals surface area contributed by atoms with Gasteiger partial charge in [-0.05, 0) is 0 Å². The molecule has 0 atom stereocenters. The Bertz CT molecular complexity index is 37.1. The molecule has 0 aliphatic rings. The molecule has 0 aromatic heterocycles. The molecule has 0 N–H and O–H groups in total. The zero-order valence-corrected chi connectivity index (χ0v) is 7.43. The van der Waals surface area contributed by atoms with Crippen LogP contribution >= 0.6 is 0 Å². The van der Waals surface area contributed by atoms with Gasteiger partial charge in [0.05, 0.1) is 0 Å². The third-order valence-electron chi connectivity index (χ3n) is 0.779. The molecular weight excluding hydrogens is 226 g/mol. The van der Waals surface area contributed by atoms with E-state index in [1.165, 1.54) is 45.3 Å². The van der Waals surface area contributed by atoms with Crippen LogP contribution in [0.25, 0.3) is 0 Å². The maximum absolute atomic E-state index is 4.94. The summed E-state index contributed by atoms with van der Waals surface area (Å²) in [7, 11) is 0. The molecule has 0 saturated carbocycles. The van der Waals surface area contributed by atoms with Crippen molar-refractivity contribution < 1.29 is 40.0 Å². The van der Waals surface area contributed by atoms with Gasteiger partial charge >= 0.3 is 72.8 Å². The molecule has 0 aliphatic heterocycles. The predicted octanol–water partition coefficient (Wildman–Crippen LogP) is 1.51. The molecule has 0 amide bonds. The summed E-state index contributed by atoms with van der Waals surface area (Å²) >= 11 is 1.23. The fraction of sp³-hybridized carbons (Fsp3) is 1.00. The maximum atomic E-state index is 4.94. The second-order valence-corrected chi connectivity index (χ2v) is 2.76. The molecule has 2 heteroatoms. The molecule has 0 saturated heterocycles. The fourth-order valence-electron chi connectivity index (χ4n) is 0.284. The average Bonchev–Trinajstić information content (AvgIpc) is 1.61. The molecule has 0 aliphatic carbocycles. The monoisotopic (exact) mass is 239 g/mol. The van der Waals surface area contributed by atoms with Gasteiger partial charge in [-0.25, -0.2) is 0 Å². The van der Waals surface area contributed by atoms with Gasteiger partial charge in [-0.1, -0.05) is 0 Å². The molecule has 0 fully saturated rings. The Labute approximate surface area is 72.2 Å². The molecule has 0 heterocycles. The second-order valence-electron chi connectivity index (χ2n) is 2.00. The molecule has 0 unspecified atom stereocenters. The summed E-state index contributed by atoms with van der Waals surface area (Å²) < 4.78 is 4.94. The van der Waals surface area contributed by atoms with Crippen LogP contribution in [-0.4, -0.2) is 6.61 Å². The van der Waals surface area contributed by atoms with E-state index >= 15 is 0 Å². The minimum absolute atomic E-state index is 0.791. The van der Waals surface area contributed by atoms with Gasteiger partial charge in [0, 0.05) is 0 Å². The minimum atomic E-state index is 0.791. The molecule has 0 rings (SSSR count). The van der Waals surface area contributed by atoms with Gasteiger partial charge in [-0.15, -0.1) is 0 Å². The number of rotatable bonds is 3. The zero-order valence-electron chi connectivity index (χ0n) is 4.81. The van der Waals surface area contributed by atoms with Crippen LogP contribution in [-0.2, 0) is 1.12 Å². The van der Waals surface area contributed by atoms with E-state index in [1.807, 2.05) is 0 Å². The molecule has 43 valence electrons. The van der Waals surface area contributed by atoms with Crippen LogP contribution in [0.4, 0.5) is 0 Å². The molecule has 1 nitrogen and oxygen atoms in total. The first-order valence-corrected chi connectivity index (χ1v) is 3.59. The molecule has 0 spiro atoms. The van der Waals surface area contributed by atoms with E-state index < -0.39 is 0 Å². The van der Waals surface area contributed by atoms with Crippen molar-refractivity contribution >= 4 is 0 Å². The fourth-order valence-corrected chi connectivity index (χ4v) is 0.593. The Morgan fingerprint density at radius 3 is 2.29 bits per heavy atom. The Morgan fingerprint density at radius 1 is 1.57 bits per heavy atom. The van der Waals surface area contributed by atoms with Crippen LogP contribution in [0.1, 0.15) is 20.3 Å². The molecule has 0 aromatic carbocycles. The summed E-state index contributed by atoms with van der Waals surface area (Å²) in [5.74, 6) is 0.791. The van der Waals surface area contributed by atoms with Crippen molar-refractivity contribution in [3.63, 3.8) is 0 Å². The summed E-state index contributed by atoms with van der Waals surface area (Å²) in [6.07, 6.45) is 1.20. The van der Waals surface area contributed by atoms with Crippen LogP contribution in [0.5, 0.6) is 0 Å². The second kappa shape index (κ2) is 5.43. The Hall–Kier alpha value is 1.30. The van der Waals surface area contributed by atoms with Crippen LogP contribution in [0, 0.1) is 44.8 Å². The molecule has 7 heavy (non-hydrogen) atoms. The van der Waals surface area contributed by atoms with E-state index in [9.17, 15) is 0 Å². The molecule has 0 bridgehead atoms. The van der Waals surface area contributed by atoms with E-state index in [2.05, 4.69) is 13.8 Å². The van der Waals surface area contributed by atoms with E-state index in [4.69, 9.17) is 1.12 Å². The van der Waals surface area contributed by atoms with E-state index in [1.54, 1.807) is 0 Å². The van der Waals surface area contributed by atoms with E-state index in [-0.39, 0.29) is 0 Å².